The smallest absolute Gasteiger partial charge is 0.358 e. The summed E-state index contributed by atoms with van der Waals surface area (Å²) < 4.78 is 18.6. The van der Waals surface area contributed by atoms with Gasteiger partial charge in [-0.3, -0.25) is 4.68 Å². The highest BCUT2D eigenvalue weighted by atomic mass is 35.5. The Hall–Kier alpha value is -3.04. The van der Waals surface area contributed by atoms with Crippen LogP contribution < -0.4 is 4.74 Å². The molecule has 0 atom stereocenters. The molecule has 0 spiro atoms. The fourth-order valence-electron chi connectivity index (χ4n) is 5.81. The van der Waals surface area contributed by atoms with E-state index in [9.17, 15) is 9.90 Å². The molecule has 2 fully saturated rings. The Bertz CT molecular complexity index is 1650. The first-order valence-electron chi connectivity index (χ1n) is 14.3. The van der Waals surface area contributed by atoms with Gasteiger partial charge >= 0.3 is 5.97 Å². The van der Waals surface area contributed by atoms with E-state index in [0.717, 1.165) is 29.9 Å². The van der Waals surface area contributed by atoms with Crippen molar-refractivity contribution in [2.45, 2.75) is 70.1 Å². The Labute approximate surface area is 264 Å². The third-order valence-corrected chi connectivity index (χ3v) is 9.06. The molecule has 0 saturated heterocycles. The molecule has 2 aromatic heterocycles. The third-order valence-electron chi connectivity index (χ3n) is 8.12. The van der Waals surface area contributed by atoms with Gasteiger partial charge in [-0.1, -0.05) is 65.9 Å². The number of aliphatic hydroxyl groups is 1. The quantitative estimate of drug-likeness (QED) is 0.174. The van der Waals surface area contributed by atoms with Crippen molar-refractivity contribution < 1.29 is 23.9 Å². The van der Waals surface area contributed by atoms with Crippen LogP contribution in [0.3, 0.4) is 0 Å². The summed E-state index contributed by atoms with van der Waals surface area (Å²) >= 11 is 19.7. The molecule has 4 aromatic rings. The Balaban J connectivity index is 1.19. The average Bonchev–Trinajstić information content (AvgIpc) is 3.58. The number of rotatable bonds is 10. The average molecular weight is 645 g/mol. The van der Waals surface area contributed by atoms with Gasteiger partial charge in [-0.15, -0.1) is 0 Å². The van der Waals surface area contributed by atoms with Crippen LogP contribution in [0.25, 0.3) is 11.3 Å². The zero-order valence-electron chi connectivity index (χ0n) is 24.1. The lowest BCUT2D eigenvalue weighted by atomic mass is 9.66. The minimum Gasteiger partial charge on any atom is -0.489 e. The molecular formula is C32H32Cl3N3O5. The molecule has 6 rings (SSSR count). The number of esters is 1. The molecule has 11 heteroatoms. The van der Waals surface area contributed by atoms with Gasteiger partial charge in [-0.2, -0.15) is 5.10 Å². The standard InChI is InChI=1S/C32H32Cl3N3O5/c1-17(2)15-38-27(12-26(36-38)31(39)41-3)19-13-32(40,14-19)22-10-9-20(11-25(22)35)42-16-21-29(37-43-30(21)18-7-8-18)28-23(33)5-4-6-24(28)34/h4-6,9-12,17-19,40H,7-8,13-16H2,1-3H3/t19-,32+. The highest BCUT2D eigenvalue weighted by molar-refractivity contribution is 6.39. The first kappa shape index (κ1) is 30.0. The van der Waals surface area contributed by atoms with E-state index in [-0.39, 0.29) is 18.2 Å². The van der Waals surface area contributed by atoms with Crippen LogP contribution in [0, 0.1) is 5.92 Å². The summed E-state index contributed by atoms with van der Waals surface area (Å²) in [4.78, 5) is 12.1. The SMILES string of the molecule is COC(=O)c1cc([C@H]2C[C@](O)(c3ccc(OCc4c(-c5c(Cl)cccc5Cl)noc4C4CC4)cc3Cl)C2)n(CC(C)C)n1. The molecule has 0 unspecified atom stereocenters. The lowest BCUT2D eigenvalue weighted by Gasteiger charge is -2.44. The molecule has 2 saturated carbocycles. The number of methoxy groups -OCH3 is 1. The van der Waals surface area contributed by atoms with E-state index >= 15 is 0 Å². The summed E-state index contributed by atoms with van der Waals surface area (Å²) in [5, 5.41) is 21.7. The van der Waals surface area contributed by atoms with Crippen molar-refractivity contribution in [2.24, 2.45) is 5.92 Å². The van der Waals surface area contributed by atoms with Gasteiger partial charge in [-0.05, 0) is 61.9 Å². The first-order chi connectivity index (χ1) is 20.6. The predicted molar refractivity (Wildman–Crippen MR) is 164 cm³/mol. The molecule has 1 N–H and O–H groups in total. The van der Waals surface area contributed by atoms with Gasteiger partial charge in [0, 0.05) is 35.2 Å². The fourth-order valence-corrected chi connectivity index (χ4v) is 6.73. The van der Waals surface area contributed by atoms with Crippen LogP contribution in [-0.4, -0.2) is 33.1 Å². The van der Waals surface area contributed by atoms with E-state index in [0.29, 0.717) is 68.9 Å². The summed E-state index contributed by atoms with van der Waals surface area (Å²) in [6.45, 7) is 5.03. The number of halogens is 3. The second-order valence-electron chi connectivity index (χ2n) is 11.8. The van der Waals surface area contributed by atoms with Crippen molar-refractivity contribution >= 4 is 40.8 Å². The van der Waals surface area contributed by atoms with Crippen molar-refractivity contribution in [3.63, 3.8) is 0 Å². The topological polar surface area (TPSA) is 99.6 Å². The highest BCUT2D eigenvalue weighted by Gasteiger charge is 2.47. The summed E-state index contributed by atoms with van der Waals surface area (Å²) in [7, 11) is 1.34. The van der Waals surface area contributed by atoms with E-state index < -0.39 is 11.6 Å². The number of ether oxygens (including phenoxy) is 2. The van der Waals surface area contributed by atoms with Gasteiger partial charge in [-0.25, -0.2) is 4.79 Å². The van der Waals surface area contributed by atoms with E-state index in [1.54, 1.807) is 42.5 Å². The third kappa shape index (κ3) is 5.90. The number of carbonyl (C=O) groups excluding carboxylic acids is 1. The maximum atomic E-state index is 12.1. The molecule has 0 bridgehead atoms. The Morgan fingerprint density at radius 2 is 1.81 bits per heavy atom. The molecule has 0 aliphatic heterocycles. The molecule has 2 heterocycles. The maximum absolute atomic E-state index is 12.1. The maximum Gasteiger partial charge on any atom is 0.358 e. The van der Waals surface area contributed by atoms with Crippen LogP contribution in [0.15, 0.2) is 47.0 Å². The van der Waals surface area contributed by atoms with Crippen LogP contribution in [0.1, 0.15) is 84.4 Å². The number of nitrogens with zero attached hydrogens (tertiary/aromatic N) is 3. The number of aromatic nitrogens is 3. The van der Waals surface area contributed by atoms with Gasteiger partial charge in [0.25, 0.3) is 0 Å². The number of benzene rings is 2. The van der Waals surface area contributed by atoms with Crippen molar-refractivity contribution in [1.82, 2.24) is 14.9 Å². The van der Waals surface area contributed by atoms with E-state index in [4.69, 9.17) is 48.8 Å². The zero-order chi connectivity index (χ0) is 30.5. The van der Waals surface area contributed by atoms with Crippen molar-refractivity contribution in [3.8, 4) is 17.0 Å². The van der Waals surface area contributed by atoms with Crippen molar-refractivity contribution in [3.05, 3.63) is 85.8 Å². The van der Waals surface area contributed by atoms with Gasteiger partial charge in [0.1, 0.15) is 23.8 Å². The van der Waals surface area contributed by atoms with Gasteiger partial charge in [0.05, 0.1) is 33.3 Å². The first-order valence-corrected chi connectivity index (χ1v) is 15.5. The lowest BCUT2D eigenvalue weighted by molar-refractivity contribution is -0.0568. The van der Waals surface area contributed by atoms with Gasteiger partial charge in [0.2, 0.25) is 0 Å². The molecule has 226 valence electrons. The van der Waals surface area contributed by atoms with Crippen LogP contribution in [0.5, 0.6) is 5.75 Å². The van der Waals surface area contributed by atoms with Crippen LogP contribution in [0.2, 0.25) is 15.1 Å². The molecule has 43 heavy (non-hydrogen) atoms. The van der Waals surface area contributed by atoms with Crippen LogP contribution >= 0.6 is 34.8 Å². The second-order valence-corrected chi connectivity index (χ2v) is 13.1. The molecule has 2 aliphatic carbocycles. The minimum absolute atomic E-state index is 0.0196. The van der Waals surface area contributed by atoms with E-state index in [1.807, 2.05) is 4.68 Å². The molecular weight excluding hydrogens is 613 g/mol. The summed E-state index contributed by atoms with van der Waals surface area (Å²) in [6, 6.07) is 12.4. The largest absolute Gasteiger partial charge is 0.489 e. The zero-order valence-corrected chi connectivity index (χ0v) is 26.3. The second kappa shape index (κ2) is 11.8. The Morgan fingerprint density at radius 3 is 2.44 bits per heavy atom. The van der Waals surface area contributed by atoms with Crippen molar-refractivity contribution in [2.75, 3.05) is 7.11 Å². The lowest BCUT2D eigenvalue weighted by Crippen LogP contribution is -2.41. The molecule has 0 amide bonds. The van der Waals surface area contributed by atoms with Crippen LogP contribution in [-0.2, 0) is 23.5 Å². The van der Waals surface area contributed by atoms with E-state index in [1.165, 1.54) is 7.11 Å². The number of carbonyl (C=O) groups is 1. The summed E-state index contributed by atoms with van der Waals surface area (Å²) in [6.07, 6.45) is 2.95. The summed E-state index contributed by atoms with van der Waals surface area (Å²) in [5.41, 5.74) is 2.69. The normalized spacial score (nSPS) is 19.9. The number of hydrogen-bond acceptors (Lipinski definition) is 7. The fraction of sp³-hybridized carbons (Fsp3) is 0.406. The Kier molecular flexibility index (Phi) is 8.24. The molecule has 8 nitrogen and oxygen atoms in total. The minimum atomic E-state index is -1.11. The molecule has 2 aromatic carbocycles. The summed E-state index contributed by atoms with van der Waals surface area (Å²) in [5.74, 6) is 1.51. The monoisotopic (exact) mass is 643 g/mol. The van der Waals surface area contributed by atoms with Crippen LogP contribution in [0.4, 0.5) is 0 Å². The van der Waals surface area contributed by atoms with Gasteiger partial charge < -0.3 is 19.1 Å². The Morgan fingerprint density at radius 1 is 1.09 bits per heavy atom. The highest BCUT2D eigenvalue weighted by Crippen LogP contribution is 2.53. The molecule has 2 aliphatic rings. The number of hydrogen-bond donors (Lipinski definition) is 1. The predicted octanol–water partition coefficient (Wildman–Crippen LogP) is 8.16. The van der Waals surface area contributed by atoms with E-state index in [2.05, 4.69) is 24.1 Å². The van der Waals surface area contributed by atoms with Gasteiger partial charge in [0.15, 0.2) is 5.69 Å². The van der Waals surface area contributed by atoms with Crippen molar-refractivity contribution in [1.29, 1.82) is 0 Å². The molecule has 0 radical (unpaired) electrons.